The molecule has 0 saturated carbocycles. The summed E-state index contributed by atoms with van der Waals surface area (Å²) < 4.78 is 11.4. The normalized spacial score (nSPS) is 17.1. The lowest BCUT2D eigenvalue weighted by molar-refractivity contribution is -0.132. The molecule has 1 amide bonds. The second-order valence-electron chi connectivity index (χ2n) is 9.08. The standard InChI is InChI=1S/C30H28N2O5/c1-4-36-21-14-12-20(13-15-21)32-27(19-8-7-9-22(16-19)37-18(2)3)26(29(34)30(32)35)28(33)24-17-31-25-11-6-5-10-23(24)25/h5-18,27,31,33H,4H2,1-3H3/b28-26-. The number of hydrogen-bond donors (Lipinski definition) is 2. The summed E-state index contributed by atoms with van der Waals surface area (Å²) in [6, 6.07) is 20.9. The molecule has 7 heteroatoms. The summed E-state index contributed by atoms with van der Waals surface area (Å²) in [4.78, 5) is 31.5. The van der Waals surface area contributed by atoms with Crippen LogP contribution in [0.15, 0.2) is 84.6 Å². The number of benzene rings is 3. The van der Waals surface area contributed by atoms with E-state index in [1.807, 2.05) is 63.2 Å². The summed E-state index contributed by atoms with van der Waals surface area (Å²) in [5.41, 5.74) is 2.45. The summed E-state index contributed by atoms with van der Waals surface area (Å²) in [5, 5.41) is 12.3. The first-order valence-electron chi connectivity index (χ1n) is 12.3. The number of anilines is 1. The number of Topliss-reactive ketones (excluding diaryl/α,β-unsaturated/α-hetero) is 1. The number of amides is 1. The van der Waals surface area contributed by atoms with Crippen LogP contribution in [-0.2, 0) is 9.59 Å². The van der Waals surface area contributed by atoms with E-state index in [-0.39, 0.29) is 17.4 Å². The molecule has 5 rings (SSSR count). The monoisotopic (exact) mass is 496 g/mol. The maximum atomic E-state index is 13.5. The van der Waals surface area contributed by atoms with E-state index in [1.165, 1.54) is 4.90 Å². The van der Waals surface area contributed by atoms with Crippen molar-refractivity contribution in [2.45, 2.75) is 32.9 Å². The Hall–Kier alpha value is -4.52. The van der Waals surface area contributed by atoms with Gasteiger partial charge in [0.05, 0.1) is 24.3 Å². The molecule has 3 aromatic carbocycles. The van der Waals surface area contributed by atoms with Crippen LogP contribution in [-0.4, -0.2) is 34.5 Å². The lowest BCUT2D eigenvalue weighted by atomic mass is 9.94. The molecular weight excluding hydrogens is 468 g/mol. The Morgan fingerprint density at radius 3 is 2.49 bits per heavy atom. The SMILES string of the molecule is CCOc1ccc(N2C(=O)C(=O)/C(=C(\O)c3c[nH]c4ccccc34)C2c2cccc(OC(C)C)c2)cc1. The van der Waals surface area contributed by atoms with Gasteiger partial charge in [0.15, 0.2) is 0 Å². The van der Waals surface area contributed by atoms with Crippen molar-refractivity contribution >= 4 is 34.0 Å². The molecule has 1 atom stereocenters. The van der Waals surface area contributed by atoms with Crippen LogP contribution in [0.1, 0.15) is 37.9 Å². The van der Waals surface area contributed by atoms with Gasteiger partial charge in [-0.05, 0) is 68.8 Å². The molecule has 1 aliphatic rings. The molecule has 2 N–H and O–H groups in total. The van der Waals surface area contributed by atoms with Crippen molar-refractivity contribution in [1.82, 2.24) is 4.98 Å². The zero-order valence-corrected chi connectivity index (χ0v) is 20.9. The van der Waals surface area contributed by atoms with Crippen LogP contribution in [0.4, 0.5) is 5.69 Å². The molecule has 1 unspecified atom stereocenters. The number of aromatic amines is 1. The number of aromatic nitrogens is 1. The number of aliphatic hydroxyl groups is 1. The van der Waals surface area contributed by atoms with Crippen molar-refractivity contribution in [2.75, 3.05) is 11.5 Å². The Balaban J connectivity index is 1.70. The Bertz CT molecular complexity index is 1500. The summed E-state index contributed by atoms with van der Waals surface area (Å²) in [7, 11) is 0. The van der Waals surface area contributed by atoms with Crippen molar-refractivity contribution < 1.29 is 24.2 Å². The van der Waals surface area contributed by atoms with Crippen molar-refractivity contribution in [1.29, 1.82) is 0 Å². The van der Waals surface area contributed by atoms with Crippen molar-refractivity contribution in [3.63, 3.8) is 0 Å². The Kier molecular flexibility index (Phi) is 6.44. The molecule has 0 spiro atoms. The number of ether oxygens (including phenoxy) is 2. The number of ketones is 1. The van der Waals surface area contributed by atoms with Crippen molar-refractivity contribution in [3.05, 3.63) is 95.7 Å². The molecule has 1 aliphatic heterocycles. The molecular formula is C30H28N2O5. The fourth-order valence-electron chi connectivity index (χ4n) is 4.73. The highest BCUT2D eigenvalue weighted by Crippen LogP contribution is 2.44. The van der Waals surface area contributed by atoms with Gasteiger partial charge >= 0.3 is 0 Å². The zero-order chi connectivity index (χ0) is 26.1. The van der Waals surface area contributed by atoms with Gasteiger partial charge in [-0.25, -0.2) is 0 Å². The van der Waals surface area contributed by atoms with Gasteiger partial charge in [-0.15, -0.1) is 0 Å². The molecule has 1 aromatic heterocycles. The second kappa shape index (κ2) is 9.85. The van der Waals surface area contributed by atoms with Gasteiger partial charge in [-0.2, -0.15) is 0 Å². The number of rotatable bonds is 7. The number of aliphatic hydroxyl groups excluding tert-OH is 1. The number of carbonyl (C=O) groups is 2. The number of nitrogens with zero attached hydrogens (tertiary/aromatic N) is 1. The summed E-state index contributed by atoms with van der Waals surface area (Å²) in [6.07, 6.45) is 1.60. The highest BCUT2D eigenvalue weighted by Gasteiger charge is 2.47. The predicted octanol–water partition coefficient (Wildman–Crippen LogP) is 5.98. The molecule has 1 fully saturated rings. The van der Waals surface area contributed by atoms with Crippen LogP contribution in [0.25, 0.3) is 16.7 Å². The first kappa shape index (κ1) is 24.2. The summed E-state index contributed by atoms with van der Waals surface area (Å²) in [6.45, 7) is 6.26. The van der Waals surface area contributed by atoms with Crippen molar-refractivity contribution in [2.24, 2.45) is 0 Å². The van der Waals surface area contributed by atoms with Crippen LogP contribution in [0, 0.1) is 0 Å². The quantitative estimate of drug-likeness (QED) is 0.187. The maximum Gasteiger partial charge on any atom is 0.300 e. The topological polar surface area (TPSA) is 91.9 Å². The smallest absolute Gasteiger partial charge is 0.300 e. The van der Waals surface area contributed by atoms with E-state index in [0.717, 1.165) is 10.9 Å². The van der Waals surface area contributed by atoms with Gasteiger partial charge in [0, 0.05) is 28.4 Å². The van der Waals surface area contributed by atoms with Gasteiger partial charge in [0.1, 0.15) is 17.3 Å². The van der Waals surface area contributed by atoms with Crippen LogP contribution >= 0.6 is 0 Å². The van der Waals surface area contributed by atoms with E-state index < -0.39 is 17.7 Å². The molecule has 2 heterocycles. The lowest BCUT2D eigenvalue weighted by Gasteiger charge is -2.26. The van der Waals surface area contributed by atoms with Gasteiger partial charge in [-0.1, -0.05) is 30.3 Å². The highest BCUT2D eigenvalue weighted by atomic mass is 16.5. The number of H-pyrrole nitrogens is 1. The van der Waals surface area contributed by atoms with E-state index in [2.05, 4.69) is 4.98 Å². The number of carbonyl (C=O) groups excluding carboxylic acids is 2. The molecule has 0 aliphatic carbocycles. The summed E-state index contributed by atoms with van der Waals surface area (Å²) >= 11 is 0. The Labute approximate surface area is 214 Å². The van der Waals surface area contributed by atoms with Crippen LogP contribution in [0.2, 0.25) is 0 Å². The lowest BCUT2D eigenvalue weighted by Crippen LogP contribution is -2.29. The second-order valence-corrected chi connectivity index (χ2v) is 9.08. The minimum absolute atomic E-state index is 0.0188. The van der Waals surface area contributed by atoms with E-state index in [4.69, 9.17) is 9.47 Å². The molecule has 188 valence electrons. The third-order valence-electron chi connectivity index (χ3n) is 6.26. The van der Waals surface area contributed by atoms with Crippen molar-refractivity contribution in [3.8, 4) is 11.5 Å². The number of para-hydroxylation sites is 1. The van der Waals surface area contributed by atoms with Gasteiger partial charge < -0.3 is 19.6 Å². The van der Waals surface area contributed by atoms with E-state index in [1.54, 1.807) is 36.5 Å². The molecule has 4 aromatic rings. The number of hydrogen-bond acceptors (Lipinski definition) is 5. The average molecular weight is 497 g/mol. The fraction of sp³-hybridized carbons (Fsp3) is 0.200. The predicted molar refractivity (Wildman–Crippen MR) is 143 cm³/mol. The molecule has 0 bridgehead atoms. The number of fused-ring (bicyclic) bond motifs is 1. The first-order valence-corrected chi connectivity index (χ1v) is 12.3. The zero-order valence-electron chi connectivity index (χ0n) is 20.9. The van der Waals surface area contributed by atoms with E-state index in [0.29, 0.717) is 34.9 Å². The molecule has 7 nitrogen and oxygen atoms in total. The van der Waals surface area contributed by atoms with Crippen LogP contribution in [0.5, 0.6) is 11.5 Å². The van der Waals surface area contributed by atoms with Gasteiger partial charge in [0.2, 0.25) is 0 Å². The van der Waals surface area contributed by atoms with Gasteiger partial charge in [0.25, 0.3) is 11.7 Å². The minimum Gasteiger partial charge on any atom is -0.507 e. The Morgan fingerprint density at radius 2 is 1.76 bits per heavy atom. The third-order valence-corrected chi connectivity index (χ3v) is 6.26. The van der Waals surface area contributed by atoms with Crippen LogP contribution < -0.4 is 14.4 Å². The molecule has 1 saturated heterocycles. The number of nitrogens with one attached hydrogen (secondary N) is 1. The van der Waals surface area contributed by atoms with Gasteiger partial charge in [-0.3, -0.25) is 14.5 Å². The maximum absolute atomic E-state index is 13.5. The molecule has 37 heavy (non-hydrogen) atoms. The highest BCUT2D eigenvalue weighted by molar-refractivity contribution is 6.51. The fourth-order valence-corrected chi connectivity index (χ4v) is 4.73. The molecule has 0 radical (unpaired) electrons. The Morgan fingerprint density at radius 1 is 1.00 bits per heavy atom. The summed E-state index contributed by atoms with van der Waals surface area (Å²) in [5.74, 6) is -0.436. The van der Waals surface area contributed by atoms with Crippen LogP contribution in [0.3, 0.4) is 0 Å². The first-order chi connectivity index (χ1) is 17.9. The van der Waals surface area contributed by atoms with E-state index >= 15 is 0 Å². The average Bonchev–Trinajstić information content (AvgIpc) is 3.43. The van der Waals surface area contributed by atoms with E-state index in [9.17, 15) is 14.7 Å². The largest absolute Gasteiger partial charge is 0.507 e. The third kappa shape index (κ3) is 4.44. The minimum atomic E-state index is -0.859.